The fourth-order valence-corrected chi connectivity index (χ4v) is 5.97. The average Bonchev–Trinajstić information content (AvgIpc) is 2.88. The van der Waals surface area contributed by atoms with Crippen LogP contribution in [0.15, 0.2) is 71.6 Å². The second kappa shape index (κ2) is 12.8. The first-order valence-corrected chi connectivity index (χ1v) is 15.1. The van der Waals surface area contributed by atoms with Crippen LogP contribution in [0.4, 0.5) is 5.69 Å². The Bertz CT molecular complexity index is 1490. The molecule has 40 heavy (non-hydrogen) atoms. The van der Waals surface area contributed by atoms with Gasteiger partial charge in [0.1, 0.15) is 12.6 Å². The highest BCUT2D eigenvalue weighted by molar-refractivity contribution is 7.92. The Labute approximate surface area is 251 Å². The van der Waals surface area contributed by atoms with Crippen molar-refractivity contribution in [2.24, 2.45) is 0 Å². The topological polar surface area (TPSA) is 86.8 Å². The number of carbonyl (C=O) groups is 2. The van der Waals surface area contributed by atoms with Gasteiger partial charge in [0.25, 0.3) is 10.0 Å². The van der Waals surface area contributed by atoms with Crippen LogP contribution in [0, 0.1) is 6.92 Å². The standard InChI is InChI=1S/C29H32Cl3N3O4S/c1-19-23(30)12-9-13-26(19)35(40(38,39)22-10-7-6-8-11-22)18-27(36)34(20(2)28(37)33-29(3,4)5)17-21-14-15-24(31)25(32)16-21/h6-16,20H,17-18H2,1-5H3,(H,33,37)/t20-/m1/s1. The summed E-state index contributed by atoms with van der Waals surface area (Å²) in [5, 5.41) is 3.88. The van der Waals surface area contributed by atoms with Gasteiger partial charge in [0, 0.05) is 17.1 Å². The summed E-state index contributed by atoms with van der Waals surface area (Å²) >= 11 is 18.6. The van der Waals surface area contributed by atoms with Gasteiger partial charge < -0.3 is 10.2 Å². The first-order chi connectivity index (χ1) is 18.6. The number of benzene rings is 3. The van der Waals surface area contributed by atoms with E-state index in [-0.39, 0.29) is 17.1 Å². The Morgan fingerprint density at radius 1 is 0.900 bits per heavy atom. The van der Waals surface area contributed by atoms with E-state index in [9.17, 15) is 18.0 Å². The number of halogens is 3. The predicted molar refractivity (Wildman–Crippen MR) is 162 cm³/mol. The molecule has 0 fully saturated rings. The van der Waals surface area contributed by atoms with Gasteiger partial charge in [-0.05, 0) is 82.1 Å². The van der Waals surface area contributed by atoms with Gasteiger partial charge in [0.05, 0.1) is 20.6 Å². The Balaban J connectivity index is 2.08. The molecule has 0 aromatic heterocycles. The molecule has 0 aliphatic rings. The van der Waals surface area contributed by atoms with Gasteiger partial charge in [-0.25, -0.2) is 8.42 Å². The Kier molecular flexibility index (Phi) is 10.2. The number of hydrogen-bond donors (Lipinski definition) is 1. The van der Waals surface area contributed by atoms with E-state index >= 15 is 0 Å². The fourth-order valence-electron chi connectivity index (χ4n) is 3.99. The molecule has 0 aliphatic heterocycles. The van der Waals surface area contributed by atoms with Crippen LogP contribution in [0.5, 0.6) is 0 Å². The quantitative estimate of drug-likeness (QED) is 0.295. The van der Waals surface area contributed by atoms with E-state index in [1.165, 1.54) is 17.0 Å². The SMILES string of the molecule is Cc1c(Cl)cccc1N(CC(=O)N(Cc1ccc(Cl)c(Cl)c1)[C@H](C)C(=O)NC(C)(C)C)S(=O)(=O)c1ccccc1. The van der Waals surface area contributed by atoms with Crippen molar-refractivity contribution < 1.29 is 18.0 Å². The Morgan fingerprint density at radius 3 is 2.15 bits per heavy atom. The van der Waals surface area contributed by atoms with Gasteiger partial charge in [0.15, 0.2) is 0 Å². The molecular formula is C29H32Cl3N3O4S. The van der Waals surface area contributed by atoms with E-state index < -0.39 is 40.0 Å². The number of nitrogens with one attached hydrogen (secondary N) is 1. The monoisotopic (exact) mass is 623 g/mol. The van der Waals surface area contributed by atoms with E-state index in [1.54, 1.807) is 68.4 Å². The number of anilines is 1. The summed E-state index contributed by atoms with van der Waals surface area (Å²) in [5.74, 6) is -0.987. The fraction of sp³-hybridized carbons (Fsp3) is 0.310. The summed E-state index contributed by atoms with van der Waals surface area (Å²) in [6, 6.07) is 16.6. The lowest BCUT2D eigenvalue weighted by molar-refractivity contribution is -0.140. The van der Waals surface area contributed by atoms with Crippen molar-refractivity contribution in [1.82, 2.24) is 10.2 Å². The van der Waals surface area contributed by atoms with Gasteiger partial charge in [-0.15, -0.1) is 0 Å². The first-order valence-electron chi connectivity index (χ1n) is 12.5. The molecule has 1 atom stereocenters. The van der Waals surface area contributed by atoms with Crippen LogP contribution in [-0.4, -0.2) is 43.3 Å². The van der Waals surface area contributed by atoms with Crippen LogP contribution in [0.1, 0.15) is 38.8 Å². The Hall–Kier alpha value is -2.78. The lowest BCUT2D eigenvalue weighted by Gasteiger charge is -2.34. The maximum atomic E-state index is 14.0. The Morgan fingerprint density at radius 2 is 1.55 bits per heavy atom. The number of amides is 2. The summed E-state index contributed by atoms with van der Waals surface area (Å²) in [4.78, 5) is 28.5. The van der Waals surface area contributed by atoms with Crippen molar-refractivity contribution >= 4 is 62.3 Å². The lowest BCUT2D eigenvalue weighted by Crippen LogP contribution is -2.54. The van der Waals surface area contributed by atoms with Gasteiger partial charge in [0.2, 0.25) is 11.8 Å². The number of rotatable bonds is 9. The summed E-state index contributed by atoms with van der Waals surface area (Å²) in [7, 11) is -4.19. The molecule has 214 valence electrons. The third-order valence-corrected chi connectivity index (χ3v) is 9.04. The molecule has 3 rings (SSSR count). The second-order valence-corrected chi connectivity index (χ2v) is 13.5. The van der Waals surface area contributed by atoms with Crippen molar-refractivity contribution in [2.45, 2.75) is 57.6 Å². The summed E-state index contributed by atoms with van der Waals surface area (Å²) < 4.78 is 28.8. The summed E-state index contributed by atoms with van der Waals surface area (Å²) in [5.41, 5.74) is 0.816. The summed E-state index contributed by atoms with van der Waals surface area (Å²) in [6.07, 6.45) is 0. The van der Waals surface area contributed by atoms with Crippen LogP contribution >= 0.6 is 34.8 Å². The van der Waals surface area contributed by atoms with E-state index in [4.69, 9.17) is 34.8 Å². The highest BCUT2D eigenvalue weighted by Gasteiger charge is 2.34. The molecule has 3 aromatic carbocycles. The number of hydrogen-bond acceptors (Lipinski definition) is 4. The molecule has 3 aromatic rings. The minimum absolute atomic E-state index is 0.0109. The van der Waals surface area contributed by atoms with Gasteiger partial charge in [-0.3, -0.25) is 13.9 Å². The predicted octanol–water partition coefficient (Wildman–Crippen LogP) is 6.48. The van der Waals surface area contributed by atoms with Gasteiger partial charge in [-0.2, -0.15) is 0 Å². The number of carbonyl (C=O) groups excluding carboxylic acids is 2. The third-order valence-electron chi connectivity index (χ3n) is 6.12. The van der Waals surface area contributed by atoms with Crippen LogP contribution in [0.2, 0.25) is 15.1 Å². The molecule has 0 saturated carbocycles. The highest BCUT2D eigenvalue weighted by atomic mass is 35.5. The third kappa shape index (κ3) is 7.69. The normalized spacial score (nSPS) is 12.5. The van der Waals surface area contributed by atoms with Crippen LogP contribution < -0.4 is 9.62 Å². The van der Waals surface area contributed by atoms with Gasteiger partial charge >= 0.3 is 0 Å². The number of nitrogens with zero attached hydrogens (tertiary/aromatic N) is 2. The van der Waals surface area contributed by atoms with Crippen LogP contribution in [-0.2, 0) is 26.2 Å². The number of sulfonamides is 1. The van der Waals surface area contributed by atoms with Crippen LogP contribution in [0.25, 0.3) is 0 Å². The van der Waals surface area contributed by atoms with Gasteiger partial charge in [-0.1, -0.05) is 65.1 Å². The molecule has 0 spiro atoms. The zero-order valence-electron chi connectivity index (χ0n) is 22.9. The lowest BCUT2D eigenvalue weighted by atomic mass is 10.1. The minimum atomic E-state index is -4.19. The molecule has 0 saturated heterocycles. The van der Waals surface area contributed by atoms with Crippen molar-refractivity contribution in [3.63, 3.8) is 0 Å². The maximum Gasteiger partial charge on any atom is 0.264 e. The maximum absolute atomic E-state index is 14.0. The van der Waals surface area contributed by atoms with Crippen molar-refractivity contribution in [1.29, 1.82) is 0 Å². The smallest absolute Gasteiger partial charge is 0.264 e. The molecule has 0 unspecified atom stereocenters. The first kappa shape index (κ1) is 31.7. The van der Waals surface area contributed by atoms with Crippen molar-refractivity contribution in [2.75, 3.05) is 10.8 Å². The average molecular weight is 625 g/mol. The molecule has 7 nitrogen and oxygen atoms in total. The molecule has 11 heteroatoms. The van der Waals surface area contributed by atoms with E-state index in [1.807, 2.05) is 20.8 Å². The van der Waals surface area contributed by atoms with E-state index in [0.29, 0.717) is 26.2 Å². The zero-order chi connectivity index (χ0) is 29.8. The second-order valence-electron chi connectivity index (χ2n) is 10.4. The minimum Gasteiger partial charge on any atom is -0.350 e. The highest BCUT2D eigenvalue weighted by Crippen LogP contribution is 2.31. The summed E-state index contributed by atoms with van der Waals surface area (Å²) in [6.45, 7) is 8.19. The molecule has 0 heterocycles. The van der Waals surface area contributed by atoms with E-state index in [0.717, 1.165) is 4.31 Å². The molecular weight excluding hydrogens is 593 g/mol. The molecule has 0 bridgehead atoms. The van der Waals surface area contributed by atoms with Crippen LogP contribution in [0.3, 0.4) is 0 Å². The largest absolute Gasteiger partial charge is 0.350 e. The molecule has 0 radical (unpaired) electrons. The van der Waals surface area contributed by atoms with Crippen molar-refractivity contribution in [3.8, 4) is 0 Å². The molecule has 0 aliphatic carbocycles. The molecule has 1 N–H and O–H groups in total. The van der Waals surface area contributed by atoms with E-state index in [2.05, 4.69) is 5.32 Å². The van der Waals surface area contributed by atoms with Crippen molar-refractivity contribution in [3.05, 3.63) is 92.9 Å². The zero-order valence-corrected chi connectivity index (χ0v) is 26.0. The molecule has 2 amide bonds.